The van der Waals surface area contributed by atoms with Crippen LogP contribution in [-0.4, -0.2) is 87.8 Å². The van der Waals surface area contributed by atoms with Gasteiger partial charge in [-0.3, -0.25) is 33.6 Å². The second-order valence-corrected chi connectivity index (χ2v) is 10.3. The number of hydrogen-bond donors (Lipinski definition) is 9. The van der Waals surface area contributed by atoms with Gasteiger partial charge >= 0.3 is 11.9 Å². The Balaban J connectivity index is 3.12. The molecule has 12 N–H and O–H groups in total. The summed E-state index contributed by atoms with van der Waals surface area (Å²) < 4.78 is 0. The number of aliphatic carboxylic acids is 2. The van der Waals surface area contributed by atoms with E-state index in [1.165, 1.54) is 13.8 Å². The van der Waals surface area contributed by atoms with Crippen molar-refractivity contribution in [3.8, 4) is 0 Å². The SMILES string of the molecule is CC(C)[C@H](NC(=O)[C@H](CCC(=O)O)NC(=O)[C@@H](N)CC(N)=O)C(=O)N[C@@H](CC(N)=O)C(=O)N[C@@H](Cc1ccccc1)C(=O)O. The lowest BCUT2D eigenvalue weighted by Gasteiger charge is -2.27. The number of benzene rings is 1. The molecule has 0 aliphatic rings. The zero-order chi connectivity index (χ0) is 33.6. The van der Waals surface area contributed by atoms with Crippen LogP contribution >= 0.6 is 0 Å². The molecule has 0 saturated heterocycles. The van der Waals surface area contributed by atoms with Crippen LogP contribution in [0.15, 0.2) is 30.3 Å². The van der Waals surface area contributed by atoms with Gasteiger partial charge in [0, 0.05) is 12.8 Å². The van der Waals surface area contributed by atoms with Gasteiger partial charge in [0.2, 0.25) is 35.4 Å². The average Bonchev–Trinajstić information content (AvgIpc) is 2.92. The number of rotatable bonds is 19. The molecule has 1 aromatic carbocycles. The minimum absolute atomic E-state index is 0.101. The number of primary amides is 2. The van der Waals surface area contributed by atoms with Gasteiger partial charge in [0.25, 0.3) is 0 Å². The molecule has 0 aromatic heterocycles. The van der Waals surface area contributed by atoms with E-state index in [9.17, 15) is 43.5 Å². The summed E-state index contributed by atoms with van der Waals surface area (Å²) in [7, 11) is 0. The van der Waals surface area contributed by atoms with E-state index < -0.39 is 109 Å². The third-order valence-electron chi connectivity index (χ3n) is 6.22. The lowest BCUT2D eigenvalue weighted by molar-refractivity contribution is -0.142. The van der Waals surface area contributed by atoms with Gasteiger partial charge in [-0.05, 0) is 17.9 Å². The molecule has 1 aromatic rings. The van der Waals surface area contributed by atoms with Crippen molar-refractivity contribution in [2.24, 2.45) is 23.1 Å². The Morgan fingerprint density at radius 1 is 0.705 bits per heavy atom. The molecule has 6 amide bonds. The van der Waals surface area contributed by atoms with Crippen molar-refractivity contribution in [3.05, 3.63) is 35.9 Å². The first-order valence-electron chi connectivity index (χ1n) is 13.5. The molecular weight excluding hydrogens is 582 g/mol. The Hall–Kier alpha value is -5.06. The fourth-order valence-electron chi connectivity index (χ4n) is 3.91. The van der Waals surface area contributed by atoms with Crippen LogP contribution in [0, 0.1) is 5.92 Å². The number of carboxylic acid groups (broad SMARTS) is 2. The zero-order valence-corrected chi connectivity index (χ0v) is 24.3. The second-order valence-electron chi connectivity index (χ2n) is 10.3. The minimum atomic E-state index is -1.62. The molecule has 242 valence electrons. The monoisotopic (exact) mass is 621 g/mol. The van der Waals surface area contributed by atoms with E-state index in [4.69, 9.17) is 22.3 Å². The molecule has 0 aliphatic heterocycles. The molecule has 17 nitrogen and oxygen atoms in total. The van der Waals surface area contributed by atoms with Crippen LogP contribution in [0.1, 0.15) is 45.1 Å². The van der Waals surface area contributed by atoms with E-state index >= 15 is 0 Å². The number of carbonyl (C=O) groups is 8. The van der Waals surface area contributed by atoms with Crippen molar-refractivity contribution < 1.29 is 48.6 Å². The van der Waals surface area contributed by atoms with Crippen molar-refractivity contribution >= 4 is 47.4 Å². The van der Waals surface area contributed by atoms with Crippen molar-refractivity contribution in [2.75, 3.05) is 0 Å². The molecule has 44 heavy (non-hydrogen) atoms. The van der Waals surface area contributed by atoms with Gasteiger partial charge < -0.3 is 48.7 Å². The summed E-state index contributed by atoms with van der Waals surface area (Å²) in [4.78, 5) is 97.5. The maximum Gasteiger partial charge on any atom is 0.326 e. The van der Waals surface area contributed by atoms with Gasteiger partial charge in [-0.15, -0.1) is 0 Å². The van der Waals surface area contributed by atoms with Crippen LogP contribution in [0.2, 0.25) is 0 Å². The van der Waals surface area contributed by atoms with Gasteiger partial charge in [-0.1, -0.05) is 44.2 Å². The van der Waals surface area contributed by atoms with Crippen LogP contribution in [0.4, 0.5) is 0 Å². The van der Waals surface area contributed by atoms with Gasteiger partial charge in [0.05, 0.1) is 18.9 Å². The van der Waals surface area contributed by atoms with Gasteiger partial charge in [-0.2, -0.15) is 0 Å². The molecule has 5 atom stereocenters. The van der Waals surface area contributed by atoms with E-state index in [2.05, 4.69) is 21.3 Å². The first-order chi connectivity index (χ1) is 20.5. The summed E-state index contributed by atoms with van der Waals surface area (Å²) in [5.74, 6) is -9.12. The maximum atomic E-state index is 13.2. The predicted octanol–water partition coefficient (Wildman–Crippen LogP) is -3.15. The summed E-state index contributed by atoms with van der Waals surface area (Å²) >= 11 is 0. The number of hydrogen-bond acceptors (Lipinski definition) is 9. The molecule has 17 heteroatoms. The number of nitrogens with two attached hydrogens (primary N) is 3. The summed E-state index contributed by atoms with van der Waals surface area (Å²) in [6.45, 7) is 3.06. The fraction of sp³-hybridized carbons (Fsp3) is 0.481. The molecular formula is C27H39N7O10. The van der Waals surface area contributed by atoms with E-state index in [1.807, 2.05) is 0 Å². The highest BCUT2D eigenvalue weighted by atomic mass is 16.4. The smallest absolute Gasteiger partial charge is 0.326 e. The topological polar surface area (TPSA) is 303 Å². The highest BCUT2D eigenvalue weighted by molar-refractivity contribution is 5.97. The van der Waals surface area contributed by atoms with E-state index in [0.717, 1.165) is 0 Å². The Morgan fingerprint density at radius 3 is 1.73 bits per heavy atom. The fourth-order valence-corrected chi connectivity index (χ4v) is 3.91. The molecule has 0 saturated carbocycles. The quantitative estimate of drug-likeness (QED) is 0.0743. The number of nitrogens with one attached hydrogen (secondary N) is 4. The molecule has 0 fully saturated rings. The van der Waals surface area contributed by atoms with Gasteiger partial charge in [0.15, 0.2) is 0 Å². The Morgan fingerprint density at radius 2 is 1.23 bits per heavy atom. The molecule has 1 rings (SSSR count). The zero-order valence-electron chi connectivity index (χ0n) is 24.3. The molecule has 0 unspecified atom stereocenters. The van der Waals surface area contributed by atoms with E-state index in [-0.39, 0.29) is 6.42 Å². The third-order valence-corrected chi connectivity index (χ3v) is 6.22. The second kappa shape index (κ2) is 17.8. The minimum Gasteiger partial charge on any atom is -0.481 e. The first kappa shape index (κ1) is 37.0. The van der Waals surface area contributed by atoms with Crippen LogP contribution < -0.4 is 38.5 Å². The van der Waals surface area contributed by atoms with Crippen molar-refractivity contribution in [1.29, 1.82) is 0 Å². The summed E-state index contributed by atoms with van der Waals surface area (Å²) in [6, 6.07) is 1.04. The molecule has 0 radical (unpaired) electrons. The number of carboxylic acids is 2. The van der Waals surface area contributed by atoms with Crippen LogP contribution in [0.3, 0.4) is 0 Å². The molecule has 0 heterocycles. The lowest BCUT2D eigenvalue weighted by Crippen LogP contribution is -2.60. The lowest BCUT2D eigenvalue weighted by atomic mass is 10.0. The maximum absolute atomic E-state index is 13.2. The normalized spacial score (nSPS) is 14.2. The standard InChI is InChI=1S/C27H39N7O10/c1-13(2)22(34-24(40)16(8-9-21(37)38)31-23(39)15(28)11-19(29)35)26(42)32-17(12-20(30)36)25(41)33-18(27(43)44)10-14-6-4-3-5-7-14/h3-7,13,15-18,22H,8-12,28H2,1-2H3,(H2,29,35)(H2,30,36)(H,31,39)(H,32,42)(H,33,41)(H,34,40)(H,37,38)(H,43,44)/t15-,16-,17-,18-,22-/m0/s1. The van der Waals surface area contributed by atoms with E-state index in [0.29, 0.717) is 5.56 Å². The van der Waals surface area contributed by atoms with Crippen LogP contribution in [0.5, 0.6) is 0 Å². The van der Waals surface area contributed by atoms with Crippen molar-refractivity contribution in [3.63, 3.8) is 0 Å². The van der Waals surface area contributed by atoms with Crippen molar-refractivity contribution in [2.45, 2.75) is 76.2 Å². The highest BCUT2D eigenvalue weighted by Crippen LogP contribution is 2.08. The van der Waals surface area contributed by atoms with Crippen LogP contribution in [0.25, 0.3) is 0 Å². The summed E-state index contributed by atoms with van der Waals surface area (Å²) in [5.41, 5.74) is 16.5. The Labute approximate surface area is 252 Å². The largest absolute Gasteiger partial charge is 0.481 e. The van der Waals surface area contributed by atoms with Gasteiger partial charge in [0.1, 0.15) is 24.2 Å². The van der Waals surface area contributed by atoms with E-state index in [1.54, 1.807) is 30.3 Å². The van der Waals surface area contributed by atoms with Gasteiger partial charge in [-0.25, -0.2) is 4.79 Å². The molecule has 0 bridgehead atoms. The Kier molecular flexibility index (Phi) is 14.9. The first-order valence-corrected chi connectivity index (χ1v) is 13.5. The summed E-state index contributed by atoms with van der Waals surface area (Å²) in [5, 5.41) is 27.9. The summed E-state index contributed by atoms with van der Waals surface area (Å²) in [6.07, 6.45) is -2.32. The molecule has 0 aliphatic carbocycles. The molecule has 0 spiro atoms. The van der Waals surface area contributed by atoms with Crippen LogP contribution in [-0.2, 0) is 44.8 Å². The predicted molar refractivity (Wildman–Crippen MR) is 153 cm³/mol. The number of carbonyl (C=O) groups excluding carboxylic acids is 6. The highest BCUT2D eigenvalue weighted by Gasteiger charge is 2.34. The van der Waals surface area contributed by atoms with Crippen molar-refractivity contribution in [1.82, 2.24) is 21.3 Å². The third kappa shape index (κ3) is 13.3. The average molecular weight is 622 g/mol. The number of amides is 6. The Bertz CT molecular complexity index is 1220.